The van der Waals surface area contributed by atoms with Crippen LogP contribution in [0, 0.1) is 11.3 Å². The van der Waals surface area contributed by atoms with Gasteiger partial charge in [-0.2, -0.15) is 5.26 Å². The molecule has 0 aromatic carbocycles. The first kappa shape index (κ1) is 19.5. The molecule has 0 bridgehead atoms. The fourth-order valence-electron chi connectivity index (χ4n) is 3.94. The van der Waals surface area contributed by atoms with Crippen molar-refractivity contribution in [1.29, 1.82) is 5.26 Å². The predicted octanol–water partition coefficient (Wildman–Crippen LogP) is 3.99. The highest BCUT2D eigenvalue weighted by atomic mass is 16.3. The molecule has 0 radical (unpaired) electrons. The Hall–Kier alpha value is -3.50. The summed E-state index contributed by atoms with van der Waals surface area (Å²) >= 11 is 0. The fourth-order valence-corrected chi connectivity index (χ4v) is 3.94. The number of hydrogen-bond donors (Lipinski definition) is 2. The van der Waals surface area contributed by atoms with Crippen LogP contribution < -0.4 is 10.2 Å². The van der Waals surface area contributed by atoms with Crippen LogP contribution in [-0.2, 0) is 0 Å². The van der Waals surface area contributed by atoms with Gasteiger partial charge in [0.1, 0.15) is 17.5 Å². The van der Waals surface area contributed by atoms with Crippen LogP contribution in [0.3, 0.4) is 0 Å². The lowest BCUT2D eigenvalue weighted by atomic mass is 10.1. The van der Waals surface area contributed by atoms with Gasteiger partial charge >= 0.3 is 0 Å². The van der Waals surface area contributed by atoms with Crippen molar-refractivity contribution >= 4 is 17.5 Å². The van der Waals surface area contributed by atoms with Crippen molar-refractivity contribution in [2.45, 2.75) is 37.7 Å². The Balaban J connectivity index is 1.41. The fraction of sp³-hybridized carbons (Fsp3) is 0.333. The van der Waals surface area contributed by atoms with Crippen LogP contribution in [0.1, 0.15) is 42.7 Å². The van der Waals surface area contributed by atoms with Crippen LogP contribution in [0.2, 0.25) is 0 Å². The van der Waals surface area contributed by atoms with E-state index in [9.17, 15) is 5.11 Å². The summed E-state index contributed by atoms with van der Waals surface area (Å²) in [5, 5.41) is 22.1. The quantitative estimate of drug-likeness (QED) is 0.654. The number of nitriles is 1. The van der Waals surface area contributed by atoms with Crippen molar-refractivity contribution in [3.8, 4) is 17.3 Å². The molecule has 4 heterocycles. The number of aliphatic hydroxyl groups excluding tert-OH is 1. The lowest BCUT2D eigenvalue weighted by Gasteiger charge is -2.30. The zero-order valence-corrected chi connectivity index (χ0v) is 17.2. The standard InChI is InChI=1S/C24H24N6O/c25-14-16-5-8-26-22(11-16)29-23-13-19(17-1-2-17)12-21(28-23)18-3-4-24(27-15-18)30-9-6-20(31)7-10-30/h3-5,8,11-13,15,17,20,31H,1-2,6-7,9-10H2,(H,26,28,29). The van der Waals surface area contributed by atoms with E-state index in [1.165, 1.54) is 18.4 Å². The molecule has 7 nitrogen and oxygen atoms in total. The minimum Gasteiger partial charge on any atom is -0.393 e. The first-order chi connectivity index (χ1) is 15.2. The van der Waals surface area contributed by atoms with Gasteiger partial charge in [-0.3, -0.25) is 0 Å². The first-order valence-corrected chi connectivity index (χ1v) is 10.7. The van der Waals surface area contributed by atoms with E-state index in [0.717, 1.165) is 48.8 Å². The molecule has 2 aliphatic rings. The third-order valence-corrected chi connectivity index (χ3v) is 5.87. The minimum atomic E-state index is -0.195. The van der Waals surface area contributed by atoms with Gasteiger partial charge in [-0.1, -0.05) is 0 Å². The smallest absolute Gasteiger partial charge is 0.132 e. The molecule has 156 valence electrons. The zero-order chi connectivity index (χ0) is 21.2. The van der Waals surface area contributed by atoms with E-state index in [1.54, 1.807) is 18.3 Å². The van der Waals surface area contributed by atoms with Crippen molar-refractivity contribution in [3.05, 3.63) is 59.9 Å². The summed E-state index contributed by atoms with van der Waals surface area (Å²) in [5.74, 6) is 2.83. The maximum atomic E-state index is 9.72. The summed E-state index contributed by atoms with van der Waals surface area (Å²) in [5.41, 5.74) is 3.65. The summed E-state index contributed by atoms with van der Waals surface area (Å²) in [6.07, 6.45) is 7.26. The second-order valence-electron chi connectivity index (χ2n) is 8.24. The van der Waals surface area contributed by atoms with Crippen molar-refractivity contribution in [2.75, 3.05) is 23.3 Å². The number of hydrogen-bond acceptors (Lipinski definition) is 7. The number of aliphatic hydroxyl groups is 1. The van der Waals surface area contributed by atoms with E-state index in [1.807, 2.05) is 12.3 Å². The highest BCUT2D eigenvalue weighted by Crippen LogP contribution is 2.42. The lowest BCUT2D eigenvalue weighted by Crippen LogP contribution is -2.36. The number of anilines is 3. The van der Waals surface area contributed by atoms with Gasteiger partial charge in [0.25, 0.3) is 0 Å². The summed E-state index contributed by atoms with van der Waals surface area (Å²) < 4.78 is 0. The van der Waals surface area contributed by atoms with E-state index < -0.39 is 0 Å². The maximum absolute atomic E-state index is 9.72. The van der Waals surface area contributed by atoms with Crippen LogP contribution in [0.5, 0.6) is 0 Å². The van der Waals surface area contributed by atoms with Crippen molar-refractivity contribution in [2.24, 2.45) is 0 Å². The lowest BCUT2D eigenvalue weighted by molar-refractivity contribution is 0.145. The normalized spacial score (nSPS) is 16.7. The van der Waals surface area contributed by atoms with E-state index in [0.29, 0.717) is 17.3 Å². The Morgan fingerprint density at radius 2 is 1.84 bits per heavy atom. The van der Waals surface area contributed by atoms with Crippen molar-refractivity contribution in [1.82, 2.24) is 15.0 Å². The highest BCUT2D eigenvalue weighted by Gasteiger charge is 2.25. The second kappa shape index (κ2) is 8.32. The van der Waals surface area contributed by atoms with Gasteiger partial charge in [-0.05, 0) is 73.6 Å². The Labute approximate surface area is 181 Å². The molecule has 0 amide bonds. The Bertz CT molecular complexity index is 1110. The summed E-state index contributed by atoms with van der Waals surface area (Å²) in [4.78, 5) is 16.0. The van der Waals surface area contributed by atoms with Crippen LogP contribution in [0.4, 0.5) is 17.5 Å². The maximum Gasteiger partial charge on any atom is 0.132 e. The molecule has 0 spiro atoms. The number of rotatable bonds is 5. The molecule has 3 aromatic rings. The average molecular weight is 412 g/mol. The van der Waals surface area contributed by atoms with Gasteiger partial charge in [0.15, 0.2) is 0 Å². The number of nitrogens with zero attached hydrogens (tertiary/aromatic N) is 5. The molecule has 5 rings (SSSR count). The molecule has 1 aliphatic carbocycles. The molecule has 2 N–H and O–H groups in total. The third kappa shape index (κ3) is 4.49. The van der Waals surface area contributed by atoms with Gasteiger partial charge in [0.2, 0.25) is 0 Å². The summed E-state index contributed by atoms with van der Waals surface area (Å²) in [6, 6.07) is 13.9. The first-order valence-electron chi connectivity index (χ1n) is 10.7. The van der Waals surface area contributed by atoms with E-state index in [4.69, 9.17) is 10.2 Å². The van der Waals surface area contributed by atoms with Crippen molar-refractivity contribution < 1.29 is 5.11 Å². The summed E-state index contributed by atoms with van der Waals surface area (Å²) in [7, 11) is 0. The van der Waals surface area contributed by atoms with Crippen LogP contribution in [0.15, 0.2) is 48.8 Å². The summed E-state index contributed by atoms with van der Waals surface area (Å²) in [6.45, 7) is 1.65. The number of pyridine rings is 3. The van der Waals surface area contributed by atoms with E-state index in [-0.39, 0.29) is 6.10 Å². The molecule has 1 aliphatic heterocycles. The zero-order valence-electron chi connectivity index (χ0n) is 17.2. The third-order valence-electron chi connectivity index (χ3n) is 5.87. The highest BCUT2D eigenvalue weighted by molar-refractivity contribution is 5.66. The molecule has 0 unspecified atom stereocenters. The molecule has 7 heteroatoms. The molecule has 31 heavy (non-hydrogen) atoms. The topological polar surface area (TPSA) is 98.0 Å². The second-order valence-corrected chi connectivity index (χ2v) is 8.24. The molecule has 1 saturated heterocycles. The van der Waals surface area contributed by atoms with Crippen LogP contribution in [-0.4, -0.2) is 39.3 Å². The Morgan fingerprint density at radius 1 is 1.00 bits per heavy atom. The molecular weight excluding hydrogens is 388 g/mol. The van der Waals surface area contributed by atoms with E-state index >= 15 is 0 Å². The number of nitrogens with one attached hydrogen (secondary N) is 1. The minimum absolute atomic E-state index is 0.195. The molecule has 1 saturated carbocycles. The van der Waals surface area contributed by atoms with Gasteiger partial charge in [0, 0.05) is 31.0 Å². The molecule has 2 fully saturated rings. The Kier molecular flexibility index (Phi) is 5.23. The molecule has 3 aromatic heterocycles. The molecular formula is C24H24N6O. The Morgan fingerprint density at radius 3 is 2.55 bits per heavy atom. The largest absolute Gasteiger partial charge is 0.393 e. The monoisotopic (exact) mass is 412 g/mol. The van der Waals surface area contributed by atoms with Gasteiger partial charge in [-0.25, -0.2) is 15.0 Å². The average Bonchev–Trinajstić information content (AvgIpc) is 3.65. The van der Waals surface area contributed by atoms with E-state index in [2.05, 4.69) is 44.5 Å². The van der Waals surface area contributed by atoms with Gasteiger partial charge in [0.05, 0.1) is 23.4 Å². The van der Waals surface area contributed by atoms with Crippen molar-refractivity contribution in [3.63, 3.8) is 0 Å². The SMILES string of the molecule is N#Cc1ccnc(Nc2cc(C3CC3)cc(-c3ccc(N4CCC(O)CC4)nc3)n2)c1. The van der Waals surface area contributed by atoms with Gasteiger partial charge < -0.3 is 15.3 Å². The number of piperidine rings is 1. The van der Waals surface area contributed by atoms with Crippen LogP contribution >= 0.6 is 0 Å². The molecule has 0 atom stereocenters. The number of aromatic nitrogens is 3. The van der Waals surface area contributed by atoms with Gasteiger partial charge in [-0.15, -0.1) is 0 Å². The van der Waals surface area contributed by atoms with Crippen LogP contribution in [0.25, 0.3) is 11.3 Å². The predicted molar refractivity (Wildman–Crippen MR) is 119 cm³/mol.